The third-order valence-corrected chi connectivity index (χ3v) is 6.66. The van der Waals surface area contributed by atoms with Crippen LogP contribution >= 0.6 is 15.9 Å². The summed E-state index contributed by atoms with van der Waals surface area (Å²) in [6.07, 6.45) is 21.5. The van der Waals surface area contributed by atoms with E-state index in [1.165, 1.54) is 94.6 Å². The van der Waals surface area contributed by atoms with Gasteiger partial charge in [0.1, 0.15) is 0 Å². The molecule has 1 aliphatic carbocycles. The number of amides is 1. The summed E-state index contributed by atoms with van der Waals surface area (Å²) in [6.45, 7) is 2.28. The molecular formula is C25H40BrNO. The normalized spacial score (nSPS) is 12.9. The van der Waals surface area contributed by atoms with E-state index >= 15 is 0 Å². The molecule has 1 N–H and O–H groups in total. The summed E-state index contributed by atoms with van der Waals surface area (Å²) in [4.78, 5) is 12.3. The molecule has 0 spiro atoms. The topological polar surface area (TPSA) is 29.1 Å². The lowest BCUT2D eigenvalue weighted by Crippen LogP contribution is -2.13. The lowest BCUT2D eigenvalue weighted by atomic mass is 10.0. The number of aryl methyl sites for hydroxylation is 1. The Morgan fingerprint density at radius 2 is 1.43 bits per heavy atom. The molecule has 0 atom stereocenters. The van der Waals surface area contributed by atoms with Crippen LogP contribution < -0.4 is 5.32 Å². The second-order valence-electron chi connectivity index (χ2n) is 8.45. The summed E-state index contributed by atoms with van der Waals surface area (Å²) in [7, 11) is 0. The van der Waals surface area contributed by atoms with Crippen molar-refractivity contribution in [2.24, 2.45) is 0 Å². The quantitative estimate of drug-likeness (QED) is 0.267. The molecule has 0 saturated heterocycles. The molecule has 0 unspecified atom stereocenters. The largest absolute Gasteiger partial charge is 0.325 e. The van der Waals surface area contributed by atoms with E-state index in [1.54, 1.807) is 0 Å². The molecule has 0 saturated carbocycles. The minimum atomic E-state index is 0.170. The van der Waals surface area contributed by atoms with Crippen molar-refractivity contribution in [2.75, 3.05) is 5.32 Å². The van der Waals surface area contributed by atoms with Crippen LogP contribution in [-0.2, 0) is 17.6 Å². The highest BCUT2D eigenvalue weighted by Gasteiger charge is 2.18. The van der Waals surface area contributed by atoms with Crippen LogP contribution in [0, 0.1) is 0 Å². The predicted octanol–water partition coefficient (Wildman–Crippen LogP) is 8.36. The fourth-order valence-electron chi connectivity index (χ4n) is 4.28. The maximum absolute atomic E-state index is 12.3. The van der Waals surface area contributed by atoms with Crippen molar-refractivity contribution in [3.8, 4) is 0 Å². The zero-order valence-electron chi connectivity index (χ0n) is 18.0. The van der Waals surface area contributed by atoms with Gasteiger partial charge in [0.25, 0.3) is 0 Å². The minimum Gasteiger partial charge on any atom is -0.325 e. The maximum Gasteiger partial charge on any atom is 0.224 e. The van der Waals surface area contributed by atoms with Crippen LogP contribution in [0.1, 0.15) is 114 Å². The summed E-state index contributed by atoms with van der Waals surface area (Å²) >= 11 is 3.61. The molecule has 0 heterocycles. The van der Waals surface area contributed by atoms with Crippen molar-refractivity contribution in [2.45, 2.75) is 116 Å². The predicted molar refractivity (Wildman–Crippen MR) is 125 cm³/mol. The Morgan fingerprint density at radius 1 is 0.857 bits per heavy atom. The van der Waals surface area contributed by atoms with Gasteiger partial charge in [0.05, 0.1) is 5.69 Å². The molecule has 1 aliphatic rings. The van der Waals surface area contributed by atoms with Gasteiger partial charge in [-0.05, 0) is 58.8 Å². The first-order chi connectivity index (χ1) is 13.7. The van der Waals surface area contributed by atoms with Gasteiger partial charge in [-0.15, -0.1) is 0 Å². The molecule has 0 aromatic heterocycles. The molecule has 28 heavy (non-hydrogen) atoms. The molecule has 1 aromatic rings. The van der Waals surface area contributed by atoms with E-state index in [2.05, 4.69) is 40.3 Å². The van der Waals surface area contributed by atoms with Crippen LogP contribution in [0.5, 0.6) is 0 Å². The van der Waals surface area contributed by atoms with Gasteiger partial charge in [-0.2, -0.15) is 0 Å². The van der Waals surface area contributed by atoms with Gasteiger partial charge in [0.2, 0.25) is 5.91 Å². The van der Waals surface area contributed by atoms with Gasteiger partial charge in [0.15, 0.2) is 0 Å². The molecule has 0 fully saturated rings. The highest BCUT2D eigenvalue weighted by molar-refractivity contribution is 9.10. The van der Waals surface area contributed by atoms with Crippen LogP contribution in [0.4, 0.5) is 5.69 Å². The van der Waals surface area contributed by atoms with Crippen LogP contribution in [0.3, 0.4) is 0 Å². The van der Waals surface area contributed by atoms with E-state index < -0.39 is 0 Å². The molecule has 3 heteroatoms. The summed E-state index contributed by atoms with van der Waals surface area (Å²) < 4.78 is 1.02. The summed E-state index contributed by atoms with van der Waals surface area (Å²) in [5.74, 6) is 0.170. The highest BCUT2D eigenvalue weighted by Crippen LogP contribution is 2.35. The summed E-state index contributed by atoms with van der Waals surface area (Å²) in [5, 5.41) is 3.17. The van der Waals surface area contributed by atoms with E-state index in [0.717, 1.165) is 29.4 Å². The zero-order chi connectivity index (χ0) is 20.0. The molecule has 1 aromatic carbocycles. The summed E-state index contributed by atoms with van der Waals surface area (Å²) in [6, 6.07) is 4.26. The Kier molecular flexibility index (Phi) is 11.9. The number of hydrogen-bond acceptors (Lipinski definition) is 1. The molecule has 0 bridgehead atoms. The van der Waals surface area contributed by atoms with Gasteiger partial charge in [-0.25, -0.2) is 0 Å². The Bertz CT molecular complexity index is 584. The Hall–Kier alpha value is -0.830. The second kappa shape index (κ2) is 14.2. The van der Waals surface area contributed by atoms with E-state index in [0.29, 0.717) is 6.42 Å². The number of nitrogens with one attached hydrogen (secondary N) is 1. The van der Waals surface area contributed by atoms with Crippen molar-refractivity contribution in [3.05, 3.63) is 27.7 Å². The smallest absolute Gasteiger partial charge is 0.224 e. The van der Waals surface area contributed by atoms with Gasteiger partial charge in [-0.3, -0.25) is 4.79 Å². The van der Waals surface area contributed by atoms with Gasteiger partial charge in [0, 0.05) is 10.9 Å². The van der Waals surface area contributed by atoms with Gasteiger partial charge in [-0.1, -0.05) is 90.0 Å². The number of carbonyl (C=O) groups is 1. The standard InChI is InChI=1S/C25H40BrNO/c1-2-3-4-5-6-7-8-9-10-11-12-13-14-18-24(28)27-25-22-17-15-16-21(22)19-20-23(25)26/h19-20H,2-18H2,1H3,(H,27,28). The van der Waals surface area contributed by atoms with Crippen molar-refractivity contribution in [1.29, 1.82) is 0 Å². The molecule has 158 valence electrons. The molecule has 0 radical (unpaired) electrons. The lowest BCUT2D eigenvalue weighted by Gasteiger charge is -2.12. The first-order valence-electron chi connectivity index (χ1n) is 11.8. The van der Waals surface area contributed by atoms with E-state index in [1.807, 2.05) is 0 Å². The number of rotatable bonds is 15. The van der Waals surface area contributed by atoms with E-state index in [4.69, 9.17) is 0 Å². The number of unbranched alkanes of at least 4 members (excludes halogenated alkanes) is 12. The van der Waals surface area contributed by atoms with Crippen LogP contribution in [-0.4, -0.2) is 5.91 Å². The van der Waals surface area contributed by atoms with Crippen molar-refractivity contribution < 1.29 is 4.79 Å². The second-order valence-corrected chi connectivity index (χ2v) is 9.31. The van der Waals surface area contributed by atoms with Gasteiger partial charge < -0.3 is 5.32 Å². The highest BCUT2D eigenvalue weighted by atomic mass is 79.9. The first-order valence-corrected chi connectivity index (χ1v) is 12.6. The average Bonchev–Trinajstić information content (AvgIpc) is 3.17. The first kappa shape index (κ1) is 23.4. The monoisotopic (exact) mass is 449 g/mol. The Labute approximate surface area is 181 Å². The zero-order valence-corrected chi connectivity index (χ0v) is 19.5. The molecule has 0 aliphatic heterocycles. The number of fused-ring (bicyclic) bond motifs is 1. The number of carbonyl (C=O) groups excluding carboxylic acids is 1. The molecule has 1 amide bonds. The fourth-order valence-corrected chi connectivity index (χ4v) is 4.75. The van der Waals surface area contributed by atoms with Crippen LogP contribution in [0.2, 0.25) is 0 Å². The third kappa shape index (κ3) is 8.68. The third-order valence-electron chi connectivity index (χ3n) is 6.00. The van der Waals surface area contributed by atoms with E-state index in [9.17, 15) is 4.79 Å². The molecule has 2 rings (SSSR count). The number of hydrogen-bond donors (Lipinski definition) is 1. The van der Waals surface area contributed by atoms with Crippen molar-refractivity contribution in [3.63, 3.8) is 0 Å². The maximum atomic E-state index is 12.3. The van der Waals surface area contributed by atoms with Crippen molar-refractivity contribution >= 4 is 27.5 Å². The number of benzene rings is 1. The van der Waals surface area contributed by atoms with Gasteiger partial charge >= 0.3 is 0 Å². The lowest BCUT2D eigenvalue weighted by molar-refractivity contribution is -0.116. The summed E-state index contributed by atoms with van der Waals surface area (Å²) in [5.41, 5.74) is 3.77. The van der Waals surface area contributed by atoms with Crippen LogP contribution in [0.15, 0.2) is 16.6 Å². The molecule has 2 nitrogen and oxygen atoms in total. The SMILES string of the molecule is CCCCCCCCCCCCCCCC(=O)Nc1c(Br)ccc2c1CCC2. The minimum absolute atomic E-state index is 0.170. The van der Waals surface area contributed by atoms with E-state index in [-0.39, 0.29) is 5.91 Å². The number of halogens is 1. The fraction of sp³-hybridized carbons (Fsp3) is 0.720. The van der Waals surface area contributed by atoms with Crippen molar-refractivity contribution in [1.82, 2.24) is 0 Å². The number of anilines is 1. The van der Waals surface area contributed by atoms with Crippen LogP contribution in [0.25, 0.3) is 0 Å². The molecular weight excluding hydrogens is 410 g/mol. The Balaban J connectivity index is 1.46. The Morgan fingerprint density at radius 3 is 2.04 bits per heavy atom. The average molecular weight is 451 g/mol.